The number of carbonyl (C=O) groups is 1. The Kier molecular flexibility index (Phi) is 5.97. The number of nitrogens with one attached hydrogen (secondary N) is 1. The minimum absolute atomic E-state index is 0.192. The lowest BCUT2D eigenvalue weighted by Gasteiger charge is -2.22. The average Bonchev–Trinajstić information content (AvgIpc) is 3.21. The number of amides is 1. The third-order valence-electron chi connectivity index (χ3n) is 5.04. The van der Waals surface area contributed by atoms with Crippen LogP contribution in [0.4, 0.5) is 5.13 Å². The van der Waals surface area contributed by atoms with Crippen molar-refractivity contribution < 1.29 is 9.53 Å². The van der Waals surface area contributed by atoms with Gasteiger partial charge in [-0.15, -0.1) is 10.2 Å². The average molecular weight is 394 g/mol. The highest BCUT2D eigenvalue weighted by Gasteiger charge is 2.15. The molecule has 3 aromatic rings. The molecule has 0 bridgehead atoms. The van der Waals surface area contributed by atoms with Crippen LogP contribution in [-0.4, -0.2) is 16.1 Å². The first kappa shape index (κ1) is 18.6. The summed E-state index contributed by atoms with van der Waals surface area (Å²) < 4.78 is 5.83. The number of benzene rings is 2. The first-order chi connectivity index (χ1) is 13.8. The summed E-state index contributed by atoms with van der Waals surface area (Å²) in [6.07, 6.45) is 6.63. The Bertz CT molecular complexity index is 903. The fourth-order valence-electron chi connectivity index (χ4n) is 3.54. The predicted octanol–water partition coefficient (Wildman–Crippen LogP) is 5.42. The van der Waals surface area contributed by atoms with Gasteiger partial charge in [0.15, 0.2) is 5.01 Å². The van der Waals surface area contributed by atoms with Gasteiger partial charge in [-0.1, -0.05) is 60.9 Å². The number of ether oxygens (including phenoxy) is 1. The van der Waals surface area contributed by atoms with Gasteiger partial charge in [0, 0.05) is 5.56 Å². The van der Waals surface area contributed by atoms with Crippen molar-refractivity contribution in [2.75, 3.05) is 5.32 Å². The molecule has 0 atom stereocenters. The van der Waals surface area contributed by atoms with E-state index >= 15 is 0 Å². The van der Waals surface area contributed by atoms with Gasteiger partial charge in [-0.25, -0.2) is 0 Å². The van der Waals surface area contributed by atoms with Crippen LogP contribution in [-0.2, 0) is 6.61 Å². The summed E-state index contributed by atoms with van der Waals surface area (Å²) in [5, 5.41) is 12.1. The van der Waals surface area contributed by atoms with Crippen LogP contribution < -0.4 is 10.1 Å². The molecule has 1 aliphatic carbocycles. The summed E-state index contributed by atoms with van der Waals surface area (Å²) in [5.74, 6) is 1.33. The normalized spacial score (nSPS) is 14.6. The summed E-state index contributed by atoms with van der Waals surface area (Å²) in [5.41, 5.74) is 2.00. The molecule has 0 radical (unpaired) electrons. The molecule has 144 valence electrons. The fourth-order valence-corrected chi connectivity index (χ4v) is 4.19. The van der Waals surface area contributed by atoms with E-state index in [0.29, 0.717) is 23.2 Å². The highest BCUT2D eigenvalue weighted by atomic mass is 32.1. The molecule has 1 amide bonds. The number of rotatable bonds is 6. The van der Waals surface area contributed by atoms with Gasteiger partial charge in [0.2, 0.25) is 5.13 Å². The Morgan fingerprint density at radius 2 is 1.75 bits per heavy atom. The van der Waals surface area contributed by atoms with Crippen LogP contribution in [0.2, 0.25) is 0 Å². The van der Waals surface area contributed by atoms with Crippen molar-refractivity contribution in [2.45, 2.75) is 44.6 Å². The van der Waals surface area contributed by atoms with Crippen LogP contribution in [0.25, 0.3) is 0 Å². The van der Waals surface area contributed by atoms with Crippen molar-refractivity contribution >= 4 is 22.4 Å². The summed E-state index contributed by atoms with van der Waals surface area (Å²) >= 11 is 1.32. The molecular formula is C22H23N3O2S. The van der Waals surface area contributed by atoms with E-state index in [1.165, 1.54) is 49.0 Å². The van der Waals surface area contributed by atoms with Gasteiger partial charge < -0.3 is 4.74 Å². The van der Waals surface area contributed by atoms with E-state index in [-0.39, 0.29) is 5.91 Å². The van der Waals surface area contributed by atoms with Crippen molar-refractivity contribution in [3.63, 3.8) is 0 Å². The monoisotopic (exact) mass is 393 g/mol. The Hall–Kier alpha value is -2.73. The molecule has 1 saturated carbocycles. The van der Waals surface area contributed by atoms with E-state index in [1.807, 2.05) is 30.3 Å². The summed E-state index contributed by atoms with van der Waals surface area (Å²) in [4.78, 5) is 12.2. The molecule has 0 aliphatic heterocycles. The lowest BCUT2D eigenvalue weighted by molar-refractivity contribution is 0.102. The van der Waals surface area contributed by atoms with Gasteiger partial charge in [0.05, 0.1) is 0 Å². The molecule has 1 aliphatic rings. The number of carbonyl (C=O) groups excluding carboxylic acids is 1. The third kappa shape index (κ3) is 4.75. The Morgan fingerprint density at radius 1 is 1.00 bits per heavy atom. The van der Waals surface area contributed by atoms with Crippen LogP contribution in [0.3, 0.4) is 0 Å². The summed E-state index contributed by atoms with van der Waals surface area (Å²) in [6.45, 7) is 0.335. The first-order valence-electron chi connectivity index (χ1n) is 9.69. The molecule has 0 spiro atoms. The number of anilines is 1. The van der Waals surface area contributed by atoms with Gasteiger partial charge in [0.1, 0.15) is 12.4 Å². The van der Waals surface area contributed by atoms with Gasteiger partial charge in [-0.05, 0) is 48.6 Å². The maximum atomic E-state index is 12.2. The largest absolute Gasteiger partial charge is 0.486 e. The number of nitrogens with zero attached hydrogens (tertiary/aromatic N) is 2. The lowest BCUT2D eigenvalue weighted by atomic mass is 9.84. The maximum Gasteiger partial charge on any atom is 0.257 e. The molecule has 6 heteroatoms. The zero-order valence-electron chi connectivity index (χ0n) is 15.6. The molecule has 28 heavy (non-hydrogen) atoms. The fraction of sp³-hybridized carbons (Fsp3) is 0.318. The van der Waals surface area contributed by atoms with E-state index in [1.54, 1.807) is 12.1 Å². The van der Waals surface area contributed by atoms with Gasteiger partial charge in [-0.2, -0.15) is 0 Å². The second-order valence-electron chi connectivity index (χ2n) is 7.01. The molecule has 1 aromatic heterocycles. The third-order valence-corrected chi connectivity index (χ3v) is 5.85. The van der Waals surface area contributed by atoms with E-state index in [9.17, 15) is 4.79 Å². The van der Waals surface area contributed by atoms with E-state index in [4.69, 9.17) is 4.74 Å². The standard InChI is InChI=1S/C22H23N3O2S/c26-21(18-9-5-2-6-10-18)23-22-25-24-20(28-22)15-27-19-13-11-17(12-14-19)16-7-3-1-4-8-16/h2,5-6,9-14,16H,1,3-4,7-8,15H2,(H,23,25,26). The van der Waals surface area contributed by atoms with Crippen LogP contribution in [0.1, 0.15) is 59.0 Å². The number of hydrogen-bond donors (Lipinski definition) is 1. The number of aromatic nitrogens is 2. The van der Waals surface area contributed by atoms with Crippen molar-refractivity contribution in [2.24, 2.45) is 0 Å². The molecule has 1 fully saturated rings. The molecule has 1 heterocycles. The van der Waals surface area contributed by atoms with Gasteiger partial charge in [-0.3, -0.25) is 10.1 Å². The van der Waals surface area contributed by atoms with Gasteiger partial charge in [0.25, 0.3) is 5.91 Å². The second kappa shape index (κ2) is 8.97. The van der Waals surface area contributed by atoms with Crippen molar-refractivity contribution in [3.05, 3.63) is 70.7 Å². The molecule has 0 unspecified atom stereocenters. The number of hydrogen-bond acceptors (Lipinski definition) is 5. The maximum absolute atomic E-state index is 12.2. The van der Waals surface area contributed by atoms with E-state index in [2.05, 4.69) is 27.6 Å². The Morgan fingerprint density at radius 3 is 2.50 bits per heavy atom. The highest BCUT2D eigenvalue weighted by molar-refractivity contribution is 7.15. The van der Waals surface area contributed by atoms with E-state index < -0.39 is 0 Å². The molecule has 0 saturated heterocycles. The molecule has 5 nitrogen and oxygen atoms in total. The topological polar surface area (TPSA) is 64.1 Å². The SMILES string of the molecule is O=C(Nc1nnc(COc2ccc(C3CCCCC3)cc2)s1)c1ccccc1. The molecule has 1 N–H and O–H groups in total. The first-order valence-corrected chi connectivity index (χ1v) is 10.5. The quantitative estimate of drug-likeness (QED) is 0.607. The molecule has 2 aromatic carbocycles. The van der Waals surface area contributed by atoms with Crippen LogP contribution in [0, 0.1) is 0 Å². The zero-order chi connectivity index (χ0) is 19.2. The minimum Gasteiger partial charge on any atom is -0.486 e. The molecular weight excluding hydrogens is 370 g/mol. The van der Waals surface area contributed by atoms with Crippen LogP contribution >= 0.6 is 11.3 Å². The van der Waals surface area contributed by atoms with Crippen LogP contribution in [0.5, 0.6) is 5.75 Å². The van der Waals surface area contributed by atoms with Crippen molar-refractivity contribution in [1.82, 2.24) is 10.2 Å². The van der Waals surface area contributed by atoms with Crippen molar-refractivity contribution in [1.29, 1.82) is 0 Å². The minimum atomic E-state index is -0.192. The lowest BCUT2D eigenvalue weighted by Crippen LogP contribution is -2.11. The van der Waals surface area contributed by atoms with Crippen LogP contribution in [0.15, 0.2) is 54.6 Å². The van der Waals surface area contributed by atoms with Crippen molar-refractivity contribution in [3.8, 4) is 5.75 Å². The second-order valence-corrected chi connectivity index (χ2v) is 8.08. The predicted molar refractivity (Wildman–Crippen MR) is 111 cm³/mol. The Balaban J connectivity index is 1.30. The smallest absolute Gasteiger partial charge is 0.257 e. The summed E-state index contributed by atoms with van der Waals surface area (Å²) in [6, 6.07) is 17.5. The zero-order valence-corrected chi connectivity index (χ0v) is 16.5. The van der Waals surface area contributed by atoms with E-state index in [0.717, 1.165) is 10.8 Å². The Labute approximate surface area is 168 Å². The highest BCUT2D eigenvalue weighted by Crippen LogP contribution is 2.33. The molecule has 4 rings (SSSR count). The summed E-state index contributed by atoms with van der Waals surface area (Å²) in [7, 11) is 0. The van der Waals surface area contributed by atoms with Gasteiger partial charge >= 0.3 is 0 Å².